The maximum Gasteiger partial charge on any atom is 0.286 e. The van der Waals surface area contributed by atoms with Crippen LogP contribution in [0.2, 0.25) is 0 Å². The molecule has 0 aromatic carbocycles. The Morgan fingerprint density at radius 1 is 1.60 bits per heavy atom. The van der Waals surface area contributed by atoms with Gasteiger partial charge in [0.25, 0.3) is 11.2 Å². The number of nitro groups is 1. The fourth-order valence-corrected chi connectivity index (χ4v) is 1.59. The summed E-state index contributed by atoms with van der Waals surface area (Å²) in [6.07, 6.45) is 1.23. The molecule has 1 rings (SSSR count). The summed E-state index contributed by atoms with van der Waals surface area (Å²) < 4.78 is 1.01. The smallest absolute Gasteiger partial charge is 0.286 e. The van der Waals surface area contributed by atoms with E-state index >= 15 is 0 Å². The van der Waals surface area contributed by atoms with Crippen LogP contribution in [-0.2, 0) is 11.3 Å². The van der Waals surface area contributed by atoms with Crippen molar-refractivity contribution >= 4 is 11.6 Å². The van der Waals surface area contributed by atoms with Gasteiger partial charge in [-0.2, -0.15) is 5.26 Å². The first kappa shape index (κ1) is 15.4. The molecule has 1 heterocycles. The fourth-order valence-electron chi connectivity index (χ4n) is 1.59. The van der Waals surface area contributed by atoms with Crippen molar-refractivity contribution in [1.29, 1.82) is 5.26 Å². The summed E-state index contributed by atoms with van der Waals surface area (Å²) in [7, 11) is 1.51. The van der Waals surface area contributed by atoms with Crippen LogP contribution in [0, 0.1) is 28.4 Å². The molecule has 0 spiro atoms. The third-order valence-corrected chi connectivity index (χ3v) is 2.75. The van der Waals surface area contributed by atoms with Crippen molar-refractivity contribution in [2.45, 2.75) is 19.9 Å². The number of nitrogens with zero attached hydrogens (tertiary/aromatic N) is 4. The molecule has 0 atom stereocenters. The second-order valence-corrected chi connectivity index (χ2v) is 4.29. The predicted octanol–water partition coefficient (Wildman–Crippen LogP) is 0.437. The van der Waals surface area contributed by atoms with Crippen molar-refractivity contribution < 1.29 is 9.72 Å². The van der Waals surface area contributed by atoms with Crippen molar-refractivity contribution in [2.75, 3.05) is 13.6 Å². The second kappa shape index (κ2) is 6.47. The summed E-state index contributed by atoms with van der Waals surface area (Å²) in [5.74, 6) is -0.387. The number of carbonyl (C=O) groups is 1. The number of pyridine rings is 1. The van der Waals surface area contributed by atoms with Gasteiger partial charge in [-0.1, -0.05) is 0 Å². The van der Waals surface area contributed by atoms with Crippen LogP contribution in [0.25, 0.3) is 0 Å². The van der Waals surface area contributed by atoms with E-state index < -0.39 is 10.5 Å². The summed E-state index contributed by atoms with van der Waals surface area (Å²) in [5, 5.41) is 19.2. The number of amides is 1. The Hall–Kier alpha value is -2.69. The first-order valence-electron chi connectivity index (χ1n) is 5.83. The lowest BCUT2D eigenvalue weighted by atomic mass is 10.3. The molecule has 1 aromatic rings. The molecular formula is C12H14N4O4. The molecular weight excluding hydrogens is 264 g/mol. The number of aryl methyl sites for hydroxylation is 1. The number of hydrogen-bond donors (Lipinski definition) is 0. The van der Waals surface area contributed by atoms with Crippen LogP contribution in [0.5, 0.6) is 0 Å². The molecule has 106 valence electrons. The molecule has 0 aliphatic carbocycles. The lowest BCUT2D eigenvalue weighted by molar-refractivity contribution is -0.385. The molecule has 0 bridgehead atoms. The van der Waals surface area contributed by atoms with Gasteiger partial charge in [0.2, 0.25) is 5.91 Å². The molecule has 0 saturated carbocycles. The van der Waals surface area contributed by atoms with E-state index in [9.17, 15) is 19.7 Å². The Bertz CT molecular complexity index is 629. The van der Waals surface area contributed by atoms with E-state index in [1.165, 1.54) is 24.9 Å². The fraction of sp³-hybridized carbons (Fsp3) is 0.417. The number of nitriles is 1. The number of carbonyl (C=O) groups excluding carboxylic acids is 1. The monoisotopic (exact) mass is 278 g/mol. The molecule has 0 aliphatic heterocycles. The minimum Gasteiger partial charge on any atom is -0.343 e. The minimum atomic E-state index is -0.618. The standard InChI is InChI=1S/C12H14N4O4/c1-9-6-10(16(19)20)7-15(12(9)18)8-11(17)14(2)5-3-4-13/h6-7H,3,5,8H2,1-2H3. The number of likely N-dealkylation sites (N-methyl/N-ethyl adjacent to an activating group) is 1. The van der Waals surface area contributed by atoms with Gasteiger partial charge in [-0.3, -0.25) is 24.3 Å². The molecule has 0 unspecified atom stereocenters. The Morgan fingerprint density at radius 2 is 2.25 bits per heavy atom. The summed E-state index contributed by atoms with van der Waals surface area (Å²) >= 11 is 0. The van der Waals surface area contributed by atoms with Gasteiger partial charge in [0.1, 0.15) is 6.54 Å². The van der Waals surface area contributed by atoms with Gasteiger partial charge < -0.3 is 4.90 Å². The molecule has 8 heteroatoms. The molecule has 0 N–H and O–H groups in total. The zero-order valence-corrected chi connectivity index (χ0v) is 11.2. The van der Waals surface area contributed by atoms with Crippen molar-refractivity contribution in [3.8, 4) is 6.07 Å². The molecule has 0 fully saturated rings. The van der Waals surface area contributed by atoms with Gasteiger partial charge in [0.15, 0.2) is 0 Å². The number of hydrogen-bond acceptors (Lipinski definition) is 5. The van der Waals surface area contributed by atoms with Gasteiger partial charge in [-0.25, -0.2) is 0 Å². The van der Waals surface area contributed by atoms with Crippen LogP contribution < -0.4 is 5.56 Å². The average molecular weight is 278 g/mol. The molecule has 1 aromatic heterocycles. The van der Waals surface area contributed by atoms with E-state index in [0.29, 0.717) is 0 Å². The van der Waals surface area contributed by atoms with E-state index in [0.717, 1.165) is 10.8 Å². The number of rotatable bonds is 5. The zero-order valence-electron chi connectivity index (χ0n) is 11.2. The largest absolute Gasteiger partial charge is 0.343 e. The Kier molecular flexibility index (Phi) is 4.97. The predicted molar refractivity (Wildman–Crippen MR) is 70.0 cm³/mol. The lowest BCUT2D eigenvalue weighted by Crippen LogP contribution is -2.34. The van der Waals surface area contributed by atoms with Crippen LogP contribution in [0.4, 0.5) is 5.69 Å². The van der Waals surface area contributed by atoms with Crippen LogP contribution in [0.1, 0.15) is 12.0 Å². The topological polar surface area (TPSA) is 109 Å². The van der Waals surface area contributed by atoms with E-state index in [1.807, 2.05) is 6.07 Å². The minimum absolute atomic E-state index is 0.186. The van der Waals surface area contributed by atoms with Crippen molar-refractivity contribution in [1.82, 2.24) is 9.47 Å². The summed E-state index contributed by atoms with van der Waals surface area (Å²) in [5.41, 5.74) is -0.487. The van der Waals surface area contributed by atoms with Crippen molar-refractivity contribution in [2.24, 2.45) is 0 Å². The first-order valence-corrected chi connectivity index (χ1v) is 5.83. The highest BCUT2D eigenvalue weighted by Crippen LogP contribution is 2.09. The zero-order chi connectivity index (χ0) is 15.3. The Balaban J connectivity index is 2.98. The highest BCUT2D eigenvalue weighted by atomic mass is 16.6. The van der Waals surface area contributed by atoms with Crippen molar-refractivity contribution in [3.05, 3.63) is 38.3 Å². The molecule has 0 saturated heterocycles. The van der Waals surface area contributed by atoms with E-state index in [4.69, 9.17) is 5.26 Å². The van der Waals surface area contributed by atoms with Gasteiger partial charge >= 0.3 is 0 Å². The van der Waals surface area contributed by atoms with Crippen LogP contribution in [-0.4, -0.2) is 33.9 Å². The molecule has 8 nitrogen and oxygen atoms in total. The third-order valence-electron chi connectivity index (χ3n) is 2.75. The average Bonchev–Trinajstić information content (AvgIpc) is 2.40. The van der Waals surface area contributed by atoms with Gasteiger partial charge in [0.05, 0.1) is 23.6 Å². The summed E-state index contributed by atoms with van der Waals surface area (Å²) in [6, 6.07) is 3.08. The normalized spacial score (nSPS) is 9.85. The van der Waals surface area contributed by atoms with E-state index in [2.05, 4.69) is 0 Å². The summed E-state index contributed by atoms with van der Waals surface area (Å²) in [6.45, 7) is 1.41. The van der Waals surface area contributed by atoms with Crippen LogP contribution >= 0.6 is 0 Å². The quantitative estimate of drug-likeness (QED) is 0.573. The highest BCUT2D eigenvalue weighted by Gasteiger charge is 2.15. The lowest BCUT2D eigenvalue weighted by Gasteiger charge is -2.16. The molecule has 1 amide bonds. The second-order valence-electron chi connectivity index (χ2n) is 4.29. The third kappa shape index (κ3) is 3.65. The maximum absolute atomic E-state index is 11.8. The molecule has 0 aliphatic rings. The van der Waals surface area contributed by atoms with Crippen LogP contribution in [0.15, 0.2) is 17.1 Å². The highest BCUT2D eigenvalue weighted by molar-refractivity contribution is 5.75. The first-order chi connectivity index (χ1) is 9.36. The Labute approximate surface area is 115 Å². The van der Waals surface area contributed by atoms with E-state index in [-0.39, 0.29) is 36.7 Å². The Morgan fingerprint density at radius 3 is 2.80 bits per heavy atom. The number of aromatic nitrogens is 1. The van der Waals surface area contributed by atoms with Gasteiger partial charge in [0, 0.05) is 25.2 Å². The summed E-state index contributed by atoms with van der Waals surface area (Å²) in [4.78, 5) is 35.1. The van der Waals surface area contributed by atoms with Gasteiger partial charge in [-0.15, -0.1) is 0 Å². The maximum atomic E-state index is 11.8. The van der Waals surface area contributed by atoms with E-state index in [1.54, 1.807) is 0 Å². The molecule has 20 heavy (non-hydrogen) atoms. The van der Waals surface area contributed by atoms with Crippen molar-refractivity contribution in [3.63, 3.8) is 0 Å². The van der Waals surface area contributed by atoms with Gasteiger partial charge in [-0.05, 0) is 6.92 Å². The SMILES string of the molecule is Cc1cc([N+](=O)[O-])cn(CC(=O)N(C)CCC#N)c1=O. The van der Waals surface area contributed by atoms with Crippen LogP contribution in [0.3, 0.4) is 0 Å². The molecule has 0 radical (unpaired) electrons.